The van der Waals surface area contributed by atoms with E-state index in [-0.39, 0.29) is 24.5 Å². The van der Waals surface area contributed by atoms with E-state index < -0.39 is 0 Å². The third-order valence-corrected chi connectivity index (χ3v) is 7.04. The standard InChI is InChI=1S/C24H25BrN2O4S2/c1-13(2)27-23(29)20(33-24(27)32)11-16-9-17(25)22(19(10-16)30-5)31-12-21(28)26-18-8-6-7-14(3)15(18)4/h6-11,13H,12H2,1-5H3,(H,26,28)/b20-11-. The number of thioether (sulfide) groups is 1. The number of methoxy groups -OCH3 is 1. The summed E-state index contributed by atoms with van der Waals surface area (Å²) in [6.07, 6.45) is 1.77. The van der Waals surface area contributed by atoms with Gasteiger partial charge in [0.2, 0.25) is 0 Å². The maximum Gasteiger partial charge on any atom is 0.266 e. The monoisotopic (exact) mass is 548 g/mol. The number of hydrogen-bond acceptors (Lipinski definition) is 6. The number of halogens is 1. The van der Waals surface area contributed by atoms with E-state index in [9.17, 15) is 9.59 Å². The van der Waals surface area contributed by atoms with E-state index in [1.165, 1.54) is 18.9 Å². The molecule has 1 saturated heterocycles. The number of hydrogen-bond donors (Lipinski definition) is 1. The Morgan fingerprint density at radius 2 is 2.03 bits per heavy atom. The van der Waals surface area contributed by atoms with Crippen molar-refractivity contribution in [2.45, 2.75) is 33.7 Å². The van der Waals surface area contributed by atoms with Gasteiger partial charge in [0.05, 0.1) is 16.5 Å². The molecular formula is C24H25BrN2O4S2. The van der Waals surface area contributed by atoms with Gasteiger partial charge in [-0.15, -0.1) is 0 Å². The van der Waals surface area contributed by atoms with Crippen LogP contribution in [0.3, 0.4) is 0 Å². The molecule has 0 atom stereocenters. The van der Waals surface area contributed by atoms with Crippen LogP contribution < -0.4 is 14.8 Å². The number of nitrogens with one attached hydrogen (secondary N) is 1. The predicted molar refractivity (Wildman–Crippen MR) is 141 cm³/mol. The average molecular weight is 550 g/mol. The van der Waals surface area contributed by atoms with Gasteiger partial charge in [-0.3, -0.25) is 14.5 Å². The smallest absolute Gasteiger partial charge is 0.266 e. The molecule has 1 N–H and O–H groups in total. The van der Waals surface area contributed by atoms with Gasteiger partial charge in [-0.1, -0.05) is 36.1 Å². The van der Waals surface area contributed by atoms with Crippen LogP contribution in [0.2, 0.25) is 0 Å². The number of benzene rings is 2. The largest absolute Gasteiger partial charge is 0.493 e. The molecule has 3 rings (SSSR count). The Hall–Kier alpha value is -2.36. The molecule has 1 aliphatic rings. The number of rotatable bonds is 7. The summed E-state index contributed by atoms with van der Waals surface area (Å²) in [5.74, 6) is 0.451. The molecule has 0 saturated carbocycles. The molecule has 2 amide bonds. The quantitative estimate of drug-likeness (QED) is 0.353. The first-order chi connectivity index (χ1) is 15.6. The van der Waals surface area contributed by atoms with E-state index >= 15 is 0 Å². The Bertz CT molecular complexity index is 1150. The molecule has 174 valence electrons. The first-order valence-electron chi connectivity index (χ1n) is 10.3. The molecule has 1 aliphatic heterocycles. The van der Waals surface area contributed by atoms with Crippen LogP contribution in [0, 0.1) is 13.8 Å². The zero-order chi connectivity index (χ0) is 24.3. The average Bonchev–Trinajstić information content (AvgIpc) is 3.03. The van der Waals surface area contributed by atoms with E-state index in [1.54, 1.807) is 17.0 Å². The number of ether oxygens (including phenoxy) is 2. The third-order valence-electron chi connectivity index (χ3n) is 5.12. The van der Waals surface area contributed by atoms with Gasteiger partial charge >= 0.3 is 0 Å². The number of anilines is 1. The van der Waals surface area contributed by atoms with Crippen molar-refractivity contribution in [2.24, 2.45) is 0 Å². The molecular weight excluding hydrogens is 524 g/mol. The van der Waals surface area contributed by atoms with Gasteiger partial charge in [-0.2, -0.15) is 0 Å². The Morgan fingerprint density at radius 1 is 1.30 bits per heavy atom. The van der Waals surface area contributed by atoms with E-state index in [0.717, 1.165) is 22.4 Å². The maximum atomic E-state index is 12.7. The van der Waals surface area contributed by atoms with Crippen molar-refractivity contribution in [1.29, 1.82) is 0 Å². The normalized spacial score (nSPS) is 14.9. The second-order valence-corrected chi connectivity index (χ2v) is 10.3. The third kappa shape index (κ3) is 5.77. The van der Waals surface area contributed by atoms with Crippen molar-refractivity contribution in [3.05, 3.63) is 56.4 Å². The zero-order valence-corrected chi connectivity index (χ0v) is 22.2. The lowest BCUT2D eigenvalue weighted by Gasteiger charge is -2.18. The van der Waals surface area contributed by atoms with Gasteiger partial charge < -0.3 is 14.8 Å². The van der Waals surface area contributed by atoms with Crippen molar-refractivity contribution < 1.29 is 19.1 Å². The molecule has 0 aliphatic carbocycles. The van der Waals surface area contributed by atoms with E-state index in [0.29, 0.717) is 25.2 Å². The van der Waals surface area contributed by atoms with Crippen LogP contribution in [-0.2, 0) is 9.59 Å². The van der Waals surface area contributed by atoms with Crippen molar-refractivity contribution in [3.8, 4) is 11.5 Å². The van der Waals surface area contributed by atoms with Crippen LogP contribution in [-0.4, -0.2) is 40.8 Å². The topological polar surface area (TPSA) is 67.9 Å². The Kier molecular flexibility index (Phi) is 8.20. The van der Waals surface area contributed by atoms with Crippen molar-refractivity contribution in [2.75, 3.05) is 19.0 Å². The molecule has 1 heterocycles. The number of thiocarbonyl (C=S) groups is 1. The fourth-order valence-corrected chi connectivity index (χ4v) is 5.35. The fourth-order valence-electron chi connectivity index (χ4n) is 3.25. The Labute approximate surface area is 211 Å². The second-order valence-electron chi connectivity index (χ2n) is 7.76. The summed E-state index contributed by atoms with van der Waals surface area (Å²) in [7, 11) is 1.52. The molecule has 1 fully saturated rings. The lowest BCUT2D eigenvalue weighted by atomic mass is 10.1. The summed E-state index contributed by atoms with van der Waals surface area (Å²) in [5.41, 5.74) is 3.61. The zero-order valence-electron chi connectivity index (χ0n) is 19.0. The molecule has 0 bridgehead atoms. The lowest BCUT2D eigenvalue weighted by molar-refractivity contribution is -0.123. The van der Waals surface area contributed by atoms with E-state index in [4.69, 9.17) is 21.7 Å². The molecule has 0 spiro atoms. The SMILES string of the molecule is COc1cc(/C=C2\SC(=S)N(C(C)C)C2=O)cc(Br)c1OCC(=O)Nc1cccc(C)c1C. The fraction of sp³-hybridized carbons (Fsp3) is 0.292. The first kappa shape index (κ1) is 25.3. The lowest BCUT2D eigenvalue weighted by Crippen LogP contribution is -2.34. The van der Waals surface area contributed by atoms with Gasteiger partial charge in [-0.25, -0.2) is 0 Å². The minimum Gasteiger partial charge on any atom is -0.493 e. The highest BCUT2D eigenvalue weighted by Crippen LogP contribution is 2.39. The molecule has 6 nitrogen and oxygen atoms in total. The van der Waals surface area contributed by atoms with Gasteiger partial charge in [0.1, 0.15) is 4.32 Å². The van der Waals surface area contributed by atoms with Crippen LogP contribution in [0.4, 0.5) is 5.69 Å². The minimum absolute atomic E-state index is 0.00446. The number of carbonyl (C=O) groups is 2. The van der Waals surface area contributed by atoms with Crippen LogP contribution >= 0.6 is 39.9 Å². The van der Waals surface area contributed by atoms with Crippen LogP contribution in [0.25, 0.3) is 6.08 Å². The van der Waals surface area contributed by atoms with Gasteiger partial charge in [-0.05, 0) is 84.6 Å². The van der Waals surface area contributed by atoms with Crippen LogP contribution in [0.5, 0.6) is 11.5 Å². The highest BCUT2D eigenvalue weighted by atomic mass is 79.9. The number of carbonyl (C=O) groups excluding carboxylic acids is 2. The number of amides is 2. The second kappa shape index (κ2) is 10.7. The molecule has 33 heavy (non-hydrogen) atoms. The molecule has 2 aromatic carbocycles. The van der Waals surface area contributed by atoms with Gasteiger partial charge in [0.15, 0.2) is 18.1 Å². The van der Waals surface area contributed by atoms with Crippen LogP contribution in [0.1, 0.15) is 30.5 Å². The maximum absolute atomic E-state index is 12.7. The molecule has 9 heteroatoms. The Morgan fingerprint density at radius 3 is 2.67 bits per heavy atom. The summed E-state index contributed by atoms with van der Waals surface area (Å²) in [6.45, 7) is 7.62. The molecule has 0 aromatic heterocycles. The summed E-state index contributed by atoms with van der Waals surface area (Å²) >= 11 is 10.1. The highest BCUT2D eigenvalue weighted by Gasteiger charge is 2.33. The van der Waals surface area contributed by atoms with E-state index in [1.807, 2.05) is 52.0 Å². The highest BCUT2D eigenvalue weighted by molar-refractivity contribution is 9.10. The van der Waals surface area contributed by atoms with Crippen molar-refractivity contribution in [1.82, 2.24) is 4.90 Å². The predicted octanol–water partition coefficient (Wildman–Crippen LogP) is 5.70. The molecule has 2 aromatic rings. The minimum atomic E-state index is -0.279. The first-order valence-corrected chi connectivity index (χ1v) is 12.3. The summed E-state index contributed by atoms with van der Waals surface area (Å²) in [6, 6.07) is 9.30. The Balaban J connectivity index is 1.76. The van der Waals surface area contributed by atoms with Crippen molar-refractivity contribution in [3.63, 3.8) is 0 Å². The van der Waals surface area contributed by atoms with Crippen molar-refractivity contribution >= 4 is 67.8 Å². The summed E-state index contributed by atoms with van der Waals surface area (Å²) in [5, 5.41) is 2.87. The summed E-state index contributed by atoms with van der Waals surface area (Å²) < 4.78 is 12.4. The summed E-state index contributed by atoms with van der Waals surface area (Å²) in [4.78, 5) is 27.3. The van der Waals surface area contributed by atoms with Gasteiger partial charge in [0, 0.05) is 11.7 Å². The van der Waals surface area contributed by atoms with Gasteiger partial charge in [0.25, 0.3) is 11.8 Å². The number of nitrogens with zero attached hydrogens (tertiary/aromatic N) is 1. The molecule has 0 unspecified atom stereocenters. The van der Waals surface area contributed by atoms with Crippen LogP contribution in [0.15, 0.2) is 39.7 Å². The number of aryl methyl sites for hydroxylation is 1. The molecule has 0 radical (unpaired) electrons. The van der Waals surface area contributed by atoms with E-state index in [2.05, 4.69) is 21.2 Å².